The van der Waals surface area contributed by atoms with Crippen LogP contribution >= 0.6 is 0 Å². The highest BCUT2D eigenvalue weighted by molar-refractivity contribution is 5.86. The van der Waals surface area contributed by atoms with E-state index in [1.54, 1.807) is 0 Å². The Morgan fingerprint density at radius 1 is 0.565 bits per heavy atom. The number of H-pyrrole nitrogens is 1. The van der Waals surface area contributed by atoms with E-state index >= 15 is 0 Å². The van der Waals surface area contributed by atoms with Crippen LogP contribution in [0.2, 0.25) is 0 Å². The van der Waals surface area contributed by atoms with E-state index in [-0.39, 0.29) is 0 Å². The summed E-state index contributed by atoms with van der Waals surface area (Å²) in [4.78, 5) is 0. The van der Waals surface area contributed by atoms with Gasteiger partial charge in [0.15, 0.2) is 0 Å². The third-order valence-electron chi connectivity index (χ3n) is 4.02. The van der Waals surface area contributed by atoms with E-state index in [1.807, 2.05) is 24.5 Å². The number of hydrogen-bond acceptors (Lipinski definition) is 1. The summed E-state index contributed by atoms with van der Waals surface area (Å²) in [5, 5.41) is 7.03. The number of benzene rings is 3. The largest absolute Gasteiger partial charge is 0.285 e. The summed E-state index contributed by atoms with van der Waals surface area (Å²) < 4.78 is 0. The predicted octanol–water partition coefficient (Wildman–Crippen LogP) is 5.41. The van der Waals surface area contributed by atoms with E-state index in [1.165, 1.54) is 27.8 Å². The third-order valence-corrected chi connectivity index (χ3v) is 4.02. The summed E-state index contributed by atoms with van der Waals surface area (Å²) in [5.41, 5.74) is 7.14. The van der Waals surface area contributed by atoms with Gasteiger partial charge in [-0.3, -0.25) is 5.10 Å². The molecule has 2 nitrogen and oxygen atoms in total. The van der Waals surface area contributed by atoms with Crippen molar-refractivity contribution in [3.8, 4) is 33.4 Å². The van der Waals surface area contributed by atoms with Gasteiger partial charge in [-0.25, -0.2) is 0 Å². The first-order chi connectivity index (χ1) is 11.4. The van der Waals surface area contributed by atoms with Gasteiger partial charge >= 0.3 is 0 Å². The van der Waals surface area contributed by atoms with Gasteiger partial charge in [0.05, 0.1) is 6.20 Å². The van der Waals surface area contributed by atoms with E-state index < -0.39 is 0 Å². The summed E-state index contributed by atoms with van der Waals surface area (Å²) in [6.07, 6.45) is 3.81. The Bertz CT molecular complexity index is 895. The van der Waals surface area contributed by atoms with Gasteiger partial charge in [0.1, 0.15) is 0 Å². The highest BCUT2D eigenvalue weighted by Crippen LogP contribution is 2.35. The van der Waals surface area contributed by atoms with Crippen molar-refractivity contribution < 1.29 is 0 Å². The van der Waals surface area contributed by atoms with Gasteiger partial charge in [-0.15, -0.1) is 0 Å². The molecule has 1 heterocycles. The average molecular weight is 296 g/mol. The lowest BCUT2D eigenvalue weighted by Crippen LogP contribution is -1.86. The first kappa shape index (κ1) is 13.5. The Kier molecular flexibility index (Phi) is 3.49. The Morgan fingerprint density at radius 3 is 1.91 bits per heavy atom. The normalized spacial score (nSPS) is 10.6. The molecule has 0 aliphatic carbocycles. The number of nitrogens with zero attached hydrogens (tertiary/aromatic N) is 1. The van der Waals surface area contributed by atoms with E-state index in [2.05, 4.69) is 76.9 Å². The molecule has 0 unspecified atom stereocenters. The maximum atomic E-state index is 4.11. The van der Waals surface area contributed by atoms with Gasteiger partial charge in [0, 0.05) is 11.8 Å². The van der Waals surface area contributed by atoms with E-state index in [9.17, 15) is 0 Å². The number of rotatable bonds is 3. The molecule has 110 valence electrons. The zero-order chi connectivity index (χ0) is 15.5. The van der Waals surface area contributed by atoms with Crippen molar-refractivity contribution in [3.63, 3.8) is 0 Å². The summed E-state index contributed by atoms with van der Waals surface area (Å²) >= 11 is 0. The van der Waals surface area contributed by atoms with Crippen molar-refractivity contribution in [2.24, 2.45) is 0 Å². The molecule has 3 aromatic carbocycles. The molecule has 4 aromatic rings. The summed E-state index contributed by atoms with van der Waals surface area (Å²) in [5.74, 6) is 0. The summed E-state index contributed by atoms with van der Waals surface area (Å²) in [6, 6.07) is 27.5. The van der Waals surface area contributed by atoms with Gasteiger partial charge < -0.3 is 0 Å². The topological polar surface area (TPSA) is 28.7 Å². The molecule has 0 saturated carbocycles. The molecule has 0 fully saturated rings. The van der Waals surface area contributed by atoms with Crippen LogP contribution in [-0.2, 0) is 0 Å². The molecule has 0 amide bonds. The molecule has 0 radical (unpaired) electrons. The Balaban J connectivity index is 1.91. The molecule has 0 saturated heterocycles. The van der Waals surface area contributed by atoms with Crippen molar-refractivity contribution in [1.29, 1.82) is 0 Å². The van der Waals surface area contributed by atoms with Crippen LogP contribution in [0.4, 0.5) is 0 Å². The lowest BCUT2D eigenvalue weighted by molar-refractivity contribution is 1.09. The Labute approximate surface area is 135 Å². The molecule has 0 aliphatic rings. The second-order valence-corrected chi connectivity index (χ2v) is 5.48. The first-order valence-electron chi connectivity index (χ1n) is 7.66. The Hall–Kier alpha value is -3.13. The zero-order valence-electron chi connectivity index (χ0n) is 12.6. The van der Waals surface area contributed by atoms with Gasteiger partial charge in [0.2, 0.25) is 0 Å². The fraction of sp³-hybridized carbons (Fsp3) is 0. The average Bonchev–Trinajstić information content (AvgIpc) is 3.17. The van der Waals surface area contributed by atoms with Gasteiger partial charge in [-0.1, -0.05) is 72.8 Å². The first-order valence-corrected chi connectivity index (χ1v) is 7.66. The fourth-order valence-electron chi connectivity index (χ4n) is 2.86. The van der Waals surface area contributed by atoms with Crippen molar-refractivity contribution in [3.05, 3.63) is 91.3 Å². The molecule has 1 N–H and O–H groups in total. The van der Waals surface area contributed by atoms with E-state index in [0.29, 0.717) is 0 Å². The van der Waals surface area contributed by atoms with Crippen LogP contribution in [0.3, 0.4) is 0 Å². The van der Waals surface area contributed by atoms with Crippen LogP contribution in [0.25, 0.3) is 33.4 Å². The molecule has 0 aliphatic heterocycles. The third kappa shape index (κ3) is 2.67. The molecule has 2 heteroatoms. The molecule has 0 atom stereocenters. The highest BCUT2D eigenvalue weighted by atomic mass is 15.1. The lowest BCUT2D eigenvalue weighted by Gasteiger charge is -2.11. The second-order valence-electron chi connectivity index (χ2n) is 5.48. The van der Waals surface area contributed by atoms with Crippen LogP contribution in [0.5, 0.6) is 0 Å². The smallest absolute Gasteiger partial charge is 0.0566 e. The minimum absolute atomic E-state index is 1.10. The molecule has 0 spiro atoms. The molecule has 1 aromatic heterocycles. The number of aromatic amines is 1. The zero-order valence-corrected chi connectivity index (χ0v) is 12.6. The van der Waals surface area contributed by atoms with Crippen molar-refractivity contribution in [2.45, 2.75) is 0 Å². The molecular formula is C21H16N2. The maximum absolute atomic E-state index is 4.11. The van der Waals surface area contributed by atoms with Crippen LogP contribution in [0, 0.1) is 0 Å². The monoisotopic (exact) mass is 296 g/mol. The molecule has 0 bridgehead atoms. The fourth-order valence-corrected chi connectivity index (χ4v) is 2.86. The predicted molar refractivity (Wildman–Crippen MR) is 94.9 cm³/mol. The van der Waals surface area contributed by atoms with Crippen LogP contribution in [0.1, 0.15) is 0 Å². The molecule has 23 heavy (non-hydrogen) atoms. The summed E-state index contributed by atoms with van der Waals surface area (Å²) in [7, 11) is 0. The van der Waals surface area contributed by atoms with Crippen LogP contribution in [-0.4, -0.2) is 10.2 Å². The molecule has 4 rings (SSSR count). The van der Waals surface area contributed by atoms with Gasteiger partial charge in [0.25, 0.3) is 0 Å². The summed E-state index contributed by atoms with van der Waals surface area (Å²) in [6.45, 7) is 0. The van der Waals surface area contributed by atoms with Crippen molar-refractivity contribution >= 4 is 0 Å². The number of hydrogen-bond donors (Lipinski definition) is 1. The SMILES string of the molecule is c1ccc(-c2ccc(-c3ccccc3)c(-c3cn[nH]c3)c2)cc1. The Morgan fingerprint density at radius 2 is 1.26 bits per heavy atom. The number of aromatic nitrogens is 2. The molecular weight excluding hydrogens is 280 g/mol. The van der Waals surface area contributed by atoms with E-state index in [0.717, 1.165) is 5.56 Å². The van der Waals surface area contributed by atoms with Gasteiger partial charge in [-0.2, -0.15) is 5.10 Å². The lowest BCUT2D eigenvalue weighted by atomic mass is 9.92. The minimum atomic E-state index is 1.10. The standard InChI is InChI=1S/C21H16N2/c1-3-7-16(8-4-1)18-11-12-20(17-9-5-2-6-10-17)21(13-18)19-14-22-23-15-19/h1-15H,(H,22,23). The minimum Gasteiger partial charge on any atom is -0.285 e. The van der Waals surface area contributed by atoms with Gasteiger partial charge in [-0.05, 0) is 33.9 Å². The maximum Gasteiger partial charge on any atom is 0.0566 e. The van der Waals surface area contributed by atoms with Crippen LogP contribution in [0.15, 0.2) is 91.3 Å². The quantitative estimate of drug-likeness (QED) is 0.538. The second kappa shape index (κ2) is 5.93. The van der Waals surface area contributed by atoms with Crippen molar-refractivity contribution in [1.82, 2.24) is 10.2 Å². The highest BCUT2D eigenvalue weighted by Gasteiger charge is 2.10. The van der Waals surface area contributed by atoms with Crippen molar-refractivity contribution in [2.75, 3.05) is 0 Å². The van der Waals surface area contributed by atoms with Crippen LogP contribution < -0.4 is 0 Å². The van der Waals surface area contributed by atoms with E-state index in [4.69, 9.17) is 0 Å². The number of nitrogens with one attached hydrogen (secondary N) is 1.